The van der Waals surface area contributed by atoms with E-state index in [0.717, 1.165) is 16.6 Å². The number of carbonyl (C=O) groups excluding carboxylic acids is 3. The lowest BCUT2D eigenvalue weighted by molar-refractivity contribution is -0.173. The van der Waals surface area contributed by atoms with E-state index in [1.54, 1.807) is 39.5 Å². The summed E-state index contributed by atoms with van der Waals surface area (Å²) in [6, 6.07) is 7.07. The predicted molar refractivity (Wildman–Crippen MR) is 123 cm³/mol. The Labute approximate surface area is 195 Å². The Morgan fingerprint density at radius 2 is 2.00 bits per heavy atom. The number of aromatic amines is 1. The lowest BCUT2D eigenvalue weighted by atomic mass is 9.98. The van der Waals surface area contributed by atoms with Crippen molar-refractivity contribution in [2.24, 2.45) is 5.41 Å². The maximum atomic E-state index is 12.9. The second kappa shape index (κ2) is 9.03. The van der Waals surface area contributed by atoms with Crippen molar-refractivity contribution in [2.45, 2.75) is 39.1 Å². The zero-order valence-corrected chi connectivity index (χ0v) is 19.8. The lowest BCUT2D eigenvalue weighted by Crippen LogP contribution is -2.67. The van der Waals surface area contributed by atoms with Gasteiger partial charge in [0.2, 0.25) is 12.7 Å². The van der Waals surface area contributed by atoms with E-state index in [2.05, 4.69) is 15.3 Å². The van der Waals surface area contributed by atoms with Crippen LogP contribution >= 0.6 is 24.2 Å². The fraction of sp³-hybridized carbons (Fsp3) is 0.429. The normalized spacial score (nSPS) is 20.2. The molecule has 1 aromatic carbocycles. The summed E-state index contributed by atoms with van der Waals surface area (Å²) in [4.78, 5) is 46.4. The van der Waals surface area contributed by atoms with Gasteiger partial charge in [-0.3, -0.25) is 14.5 Å². The van der Waals surface area contributed by atoms with Crippen LogP contribution in [0.15, 0.2) is 35.5 Å². The quantitative estimate of drug-likeness (QED) is 0.381. The van der Waals surface area contributed by atoms with Crippen LogP contribution in [0, 0.1) is 5.41 Å². The van der Waals surface area contributed by atoms with E-state index < -0.39 is 30.2 Å². The summed E-state index contributed by atoms with van der Waals surface area (Å²) in [5, 5.41) is 2.88. The third-order valence-electron chi connectivity index (χ3n) is 5.03. The van der Waals surface area contributed by atoms with Gasteiger partial charge < -0.3 is 19.8 Å². The van der Waals surface area contributed by atoms with Crippen LogP contribution in [0.1, 0.15) is 27.7 Å². The smallest absolute Gasteiger partial charge is 0.357 e. The summed E-state index contributed by atoms with van der Waals surface area (Å²) < 4.78 is 10.1. The van der Waals surface area contributed by atoms with Gasteiger partial charge in [0.1, 0.15) is 17.1 Å². The molecule has 1 fully saturated rings. The van der Waals surface area contributed by atoms with Crippen LogP contribution in [-0.2, 0) is 23.9 Å². The second-order valence-corrected chi connectivity index (χ2v) is 9.60. The molecule has 2 aliphatic rings. The summed E-state index contributed by atoms with van der Waals surface area (Å²) in [5.74, 6) is -0.308. The van der Waals surface area contributed by atoms with E-state index in [1.165, 1.54) is 4.90 Å². The van der Waals surface area contributed by atoms with Crippen molar-refractivity contribution in [3.8, 4) is 0 Å². The third-order valence-corrected chi connectivity index (χ3v) is 6.45. The molecule has 4 rings (SSSR count). The van der Waals surface area contributed by atoms with Gasteiger partial charge in [-0.15, -0.1) is 24.2 Å². The van der Waals surface area contributed by atoms with Crippen LogP contribution in [0.2, 0.25) is 0 Å². The van der Waals surface area contributed by atoms with Gasteiger partial charge >= 0.3 is 11.9 Å². The van der Waals surface area contributed by atoms with Crippen LogP contribution < -0.4 is 5.32 Å². The largest absolute Gasteiger partial charge is 0.427 e. The first-order valence-corrected chi connectivity index (χ1v) is 10.9. The third kappa shape index (κ3) is 4.42. The number of benzene rings is 1. The van der Waals surface area contributed by atoms with Crippen molar-refractivity contribution < 1.29 is 23.9 Å². The summed E-state index contributed by atoms with van der Waals surface area (Å²) in [5.41, 5.74) is 1.92. The Balaban J connectivity index is 0.00000289. The van der Waals surface area contributed by atoms with Crippen molar-refractivity contribution in [2.75, 3.05) is 17.9 Å². The number of hydrogen-bond acceptors (Lipinski definition) is 8. The van der Waals surface area contributed by atoms with Crippen molar-refractivity contribution >= 4 is 59.0 Å². The number of fused-ring (bicyclic) bond motifs is 2. The first kappa shape index (κ1) is 23.9. The van der Waals surface area contributed by atoms with Crippen LogP contribution in [0.5, 0.6) is 0 Å². The molecule has 0 radical (unpaired) electrons. The molecular weight excluding hydrogens is 456 g/mol. The monoisotopic (exact) mass is 480 g/mol. The molecule has 2 aromatic rings. The highest BCUT2D eigenvalue weighted by molar-refractivity contribution is 8.00. The average molecular weight is 481 g/mol. The number of nitrogens with zero attached hydrogens (tertiary/aromatic N) is 2. The second-order valence-electron chi connectivity index (χ2n) is 8.49. The molecule has 1 aromatic heterocycles. The van der Waals surface area contributed by atoms with Crippen LogP contribution in [0.25, 0.3) is 11.0 Å². The molecular formula is C21H25ClN4O5S. The van der Waals surface area contributed by atoms with Gasteiger partial charge in [-0.05, 0) is 45.4 Å². The number of amides is 1. The minimum absolute atomic E-state index is 0. The fourth-order valence-electron chi connectivity index (χ4n) is 3.35. The van der Waals surface area contributed by atoms with E-state index in [4.69, 9.17) is 9.47 Å². The van der Waals surface area contributed by atoms with Crippen molar-refractivity contribution in [1.82, 2.24) is 14.9 Å². The Bertz CT molecular complexity index is 1060. The molecule has 11 heteroatoms. The number of imidazole rings is 1. The molecule has 3 heterocycles. The van der Waals surface area contributed by atoms with Crippen molar-refractivity contribution in [3.63, 3.8) is 0 Å². The standard InChI is InChI=1S/C21H24N4O5S.ClH/c1-11-9-31-17-14(24-20-22-12-7-5-6-8-13(12)23-20)16(26)25(17)15(11)18(27)29-10-30-19(28)21(2,3)4;/h5-8,14,17H,9-10H2,1-4H3,(H2,22,23,24);1H/t14?,17-;/m0./s1. The maximum Gasteiger partial charge on any atom is 0.357 e. The Hall–Kier alpha value is -2.72. The van der Waals surface area contributed by atoms with Gasteiger partial charge in [0, 0.05) is 5.75 Å². The lowest BCUT2D eigenvalue weighted by Gasteiger charge is -2.49. The number of β-lactam (4-membered cyclic amide) rings is 1. The minimum atomic E-state index is -0.697. The molecule has 1 amide bonds. The molecule has 172 valence electrons. The molecule has 2 N–H and O–H groups in total. The van der Waals surface area contributed by atoms with E-state index in [0.29, 0.717) is 11.7 Å². The number of thioether (sulfide) groups is 1. The number of anilines is 1. The number of H-pyrrole nitrogens is 1. The number of carbonyl (C=O) groups is 3. The number of ether oxygens (including phenoxy) is 2. The SMILES string of the molecule is CC1=C(C(=O)OCOC(=O)C(C)(C)C)N2C(=O)C(Nc3nc4ccccc4[nH]3)[C@@H]2SC1.Cl. The number of hydrogen-bond donors (Lipinski definition) is 2. The molecule has 0 spiro atoms. The topological polar surface area (TPSA) is 114 Å². The fourth-order valence-corrected chi connectivity index (χ4v) is 4.64. The molecule has 9 nitrogen and oxygen atoms in total. The van der Waals surface area contributed by atoms with E-state index in [-0.39, 0.29) is 29.4 Å². The highest BCUT2D eigenvalue weighted by Gasteiger charge is 2.53. The Kier molecular flexibility index (Phi) is 6.75. The number of aromatic nitrogens is 2. The van der Waals surface area contributed by atoms with E-state index in [1.807, 2.05) is 24.3 Å². The van der Waals surface area contributed by atoms with Crippen LogP contribution in [-0.4, -0.2) is 56.7 Å². The zero-order valence-electron chi connectivity index (χ0n) is 18.1. The Morgan fingerprint density at radius 3 is 2.69 bits per heavy atom. The van der Waals surface area contributed by atoms with Gasteiger partial charge in [-0.1, -0.05) is 12.1 Å². The first-order valence-electron chi connectivity index (χ1n) is 9.87. The summed E-state index contributed by atoms with van der Waals surface area (Å²) in [7, 11) is 0. The molecule has 2 atom stereocenters. The molecule has 2 aliphatic heterocycles. The van der Waals surface area contributed by atoms with E-state index >= 15 is 0 Å². The molecule has 1 saturated heterocycles. The predicted octanol–water partition coefficient (Wildman–Crippen LogP) is 3.04. The molecule has 0 saturated carbocycles. The summed E-state index contributed by atoms with van der Waals surface area (Å²) in [6.45, 7) is 6.42. The van der Waals surface area contributed by atoms with Crippen LogP contribution in [0.4, 0.5) is 5.95 Å². The van der Waals surface area contributed by atoms with Gasteiger partial charge in [0.15, 0.2) is 0 Å². The van der Waals surface area contributed by atoms with Crippen molar-refractivity contribution in [3.05, 3.63) is 35.5 Å². The van der Waals surface area contributed by atoms with Gasteiger partial charge in [-0.2, -0.15) is 0 Å². The number of esters is 2. The number of nitrogens with one attached hydrogen (secondary N) is 2. The number of halogens is 1. The molecule has 32 heavy (non-hydrogen) atoms. The maximum absolute atomic E-state index is 12.9. The minimum Gasteiger partial charge on any atom is -0.427 e. The summed E-state index contributed by atoms with van der Waals surface area (Å²) >= 11 is 1.56. The van der Waals surface area contributed by atoms with Crippen molar-refractivity contribution in [1.29, 1.82) is 0 Å². The number of rotatable bonds is 5. The number of para-hydroxylation sites is 2. The summed E-state index contributed by atoms with van der Waals surface area (Å²) in [6.07, 6.45) is 0. The molecule has 1 unspecified atom stereocenters. The van der Waals surface area contributed by atoms with E-state index in [9.17, 15) is 14.4 Å². The average Bonchev–Trinajstić information content (AvgIpc) is 3.13. The van der Waals surface area contributed by atoms with Gasteiger partial charge in [-0.25, -0.2) is 9.78 Å². The first-order chi connectivity index (χ1) is 14.7. The highest BCUT2D eigenvalue weighted by Crippen LogP contribution is 2.41. The van der Waals surface area contributed by atoms with Crippen LogP contribution in [0.3, 0.4) is 0 Å². The molecule has 0 bridgehead atoms. The highest BCUT2D eigenvalue weighted by atomic mass is 35.5. The van der Waals surface area contributed by atoms with Gasteiger partial charge in [0.05, 0.1) is 16.4 Å². The zero-order chi connectivity index (χ0) is 22.3. The molecule has 0 aliphatic carbocycles. The van der Waals surface area contributed by atoms with Gasteiger partial charge in [0.25, 0.3) is 5.91 Å². The Morgan fingerprint density at radius 1 is 1.28 bits per heavy atom.